The van der Waals surface area contributed by atoms with Gasteiger partial charge in [0, 0.05) is 10.4 Å². The maximum atomic E-state index is 13.3. The molecule has 3 saturated carbocycles. The first-order chi connectivity index (χ1) is 14.4. The molecule has 3 aliphatic rings. The molecule has 3 aliphatic carbocycles. The number of thiophene rings is 1. The number of aryl methyl sites for hydroxylation is 1. The van der Waals surface area contributed by atoms with Crippen LogP contribution in [-0.2, 0) is 14.3 Å². The Morgan fingerprint density at radius 1 is 1.03 bits per heavy atom. The van der Waals surface area contributed by atoms with E-state index >= 15 is 0 Å². The molecule has 2 N–H and O–H groups in total. The van der Waals surface area contributed by atoms with Crippen molar-refractivity contribution in [1.82, 2.24) is 0 Å². The van der Waals surface area contributed by atoms with Crippen LogP contribution in [0, 0.1) is 30.6 Å². The third-order valence-electron chi connectivity index (χ3n) is 6.58. The van der Waals surface area contributed by atoms with Crippen LogP contribution in [0.5, 0.6) is 0 Å². The highest BCUT2D eigenvalue weighted by atomic mass is 32.1. The molecule has 5 rings (SSSR count). The third-order valence-corrected chi connectivity index (χ3v) is 7.60. The van der Waals surface area contributed by atoms with Gasteiger partial charge in [0.1, 0.15) is 10.6 Å². The van der Waals surface area contributed by atoms with Crippen molar-refractivity contribution in [2.24, 2.45) is 23.7 Å². The number of ether oxygens (including phenoxy) is 1. The maximum Gasteiger partial charge on any atom is 0.341 e. The lowest BCUT2D eigenvalue weighted by atomic mass is 9.58. The number of anilines is 1. The number of hydrogen-bond acceptors (Lipinski definition) is 5. The molecule has 2 aromatic rings. The van der Waals surface area contributed by atoms with Crippen molar-refractivity contribution in [3.63, 3.8) is 0 Å². The van der Waals surface area contributed by atoms with E-state index in [9.17, 15) is 19.5 Å². The van der Waals surface area contributed by atoms with Crippen molar-refractivity contribution in [2.45, 2.75) is 32.6 Å². The lowest BCUT2D eigenvalue weighted by Crippen LogP contribution is -2.49. The molecule has 0 spiro atoms. The van der Waals surface area contributed by atoms with Crippen LogP contribution < -0.4 is 5.32 Å². The van der Waals surface area contributed by atoms with E-state index < -0.39 is 23.8 Å². The summed E-state index contributed by atoms with van der Waals surface area (Å²) in [6, 6.07) is 9.50. The monoisotopic (exact) mass is 427 g/mol. The van der Waals surface area contributed by atoms with Gasteiger partial charge in [0.15, 0.2) is 0 Å². The summed E-state index contributed by atoms with van der Waals surface area (Å²) in [6.07, 6.45) is 3.51. The van der Waals surface area contributed by atoms with Gasteiger partial charge in [0.2, 0.25) is 5.91 Å². The van der Waals surface area contributed by atoms with E-state index in [1.165, 1.54) is 18.4 Å². The topological polar surface area (TPSA) is 92.7 Å². The van der Waals surface area contributed by atoms with Crippen LogP contribution in [0.2, 0.25) is 0 Å². The number of fused-ring (bicyclic) bond motifs is 3. The molecule has 1 aromatic carbocycles. The molecule has 30 heavy (non-hydrogen) atoms. The number of benzene rings is 1. The van der Waals surface area contributed by atoms with E-state index in [4.69, 9.17) is 4.74 Å². The zero-order valence-electron chi connectivity index (χ0n) is 17.0. The van der Waals surface area contributed by atoms with Crippen LogP contribution in [-0.4, -0.2) is 30.1 Å². The largest absolute Gasteiger partial charge is 0.481 e. The fraction of sp³-hybridized carbons (Fsp3) is 0.435. The highest BCUT2D eigenvalue weighted by Gasteiger charge is 2.50. The third kappa shape index (κ3) is 3.51. The van der Waals surface area contributed by atoms with E-state index in [0.717, 1.165) is 41.7 Å². The smallest absolute Gasteiger partial charge is 0.341 e. The van der Waals surface area contributed by atoms with Crippen LogP contribution in [0.15, 0.2) is 30.3 Å². The van der Waals surface area contributed by atoms with Crippen LogP contribution in [0.3, 0.4) is 0 Å². The molecule has 6 nitrogen and oxygen atoms in total. The standard InChI is InChI=1S/C23H25NO5S/c1-12-16(13-6-4-3-5-7-13)19(23(28)29-2)21(30-12)24-20(25)17-14-8-10-15(11-9-14)18(17)22(26)27/h3-7,14-15,17-18H,8-11H2,1-2H3,(H,24,25)(H,26,27)/t14?,15?,17-,18-/m1/s1. The second-order valence-corrected chi connectivity index (χ2v) is 9.37. The first-order valence-electron chi connectivity index (χ1n) is 10.2. The number of methoxy groups -OCH3 is 1. The number of rotatable bonds is 5. The summed E-state index contributed by atoms with van der Waals surface area (Å²) in [4.78, 5) is 38.7. The Morgan fingerprint density at radius 3 is 2.20 bits per heavy atom. The van der Waals surface area contributed by atoms with Crippen molar-refractivity contribution in [1.29, 1.82) is 0 Å². The predicted octanol–water partition coefficient (Wildman–Crippen LogP) is 4.59. The number of carboxylic acids is 1. The Kier molecular flexibility index (Phi) is 5.64. The van der Waals surface area contributed by atoms with Gasteiger partial charge in [-0.05, 0) is 50.0 Å². The predicted molar refractivity (Wildman–Crippen MR) is 115 cm³/mol. The zero-order chi connectivity index (χ0) is 21.4. The Balaban J connectivity index is 1.70. The minimum absolute atomic E-state index is 0.0493. The SMILES string of the molecule is COC(=O)c1c(NC(=O)[C@@H]2C3CCC(CC3)[C@H]2C(=O)O)sc(C)c1-c1ccccc1. The van der Waals surface area contributed by atoms with Crippen LogP contribution in [0.4, 0.5) is 5.00 Å². The summed E-state index contributed by atoms with van der Waals surface area (Å²) in [5.74, 6) is -2.82. The summed E-state index contributed by atoms with van der Waals surface area (Å²) in [6.45, 7) is 1.90. The van der Waals surface area contributed by atoms with Crippen LogP contribution in [0.1, 0.15) is 40.9 Å². The average molecular weight is 428 g/mol. The molecule has 2 atom stereocenters. The van der Waals surface area contributed by atoms with Crippen molar-refractivity contribution < 1.29 is 24.2 Å². The molecule has 0 aliphatic heterocycles. The van der Waals surface area contributed by atoms with Gasteiger partial charge in [-0.1, -0.05) is 30.3 Å². The first-order valence-corrected chi connectivity index (χ1v) is 11.0. The maximum absolute atomic E-state index is 13.3. The second-order valence-electron chi connectivity index (χ2n) is 8.15. The van der Waals surface area contributed by atoms with Gasteiger partial charge in [-0.15, -0.1) is 11.3 Å². The van der Waals surface area contributed by atoms with Gasteiger partial charge in [0.05, 0.1) is 18.9 Å². The molecule has 0 saturated heterocycles. The van der Waals surface area contributed by atoms with Gasteiger partial charge >= 0.3 is 11.9 Å². The fourth-order valence-corrected chi connectivity index (χ4v) is 6.33. The first kappa shape index (κ1) is 20.6. The highest BCUT2D eigenvalue weighted by molar-refractivity contribution is 7.17. The number of carbonyl (C=O) groups is 3. The number of carboxylic acid groups (broad SMARTS) is 1. The number of carbonyl (C=O) groups excluding carboxylic acids is 2. The molecule has 0 unspecified atom stereocenters. The van der Waals surface area contributed by atoms with E-state index in [0.29, 0.717) is 10.6 Å². The van der Waals surface area contributed by atoms with E-state index in [1.54, 1.807) is 0 Å². The zero-order valence-corrected chi connectivity index (χ0v) is 17.8. The summed E-state index contributed by atoms with van der Waals surface area (Å²) < 4.78 is 5.01. The summed E-state index contributed by atoms with van der Waals surface area (Å²) >= 11 is 1.32. The molecular formula is C23H25NO5S. The van der Waals surface area contributed by atoms with Gasteiger partial charge in [-0.2, -0.15) is 0 Å². The van der Waals surface area contributed by atoms with Gasteiger partial charge in [-0.25, -0.2) is 4.79 Å². The van der Waals surface area contributed by atoms with Crippen molar-refractivity contribution in [2.75, 3.05) is 12.4 Å². The molecule has 2 bridgehead atoms. The molecule has 158 valence electrons. The fourth-order valence-electron chi connectivity index (χ4n) is 5.26. The lowest BCUT2D eigenvalue weighted by Gasteiger charge is -2.45. The summed E-state index contributed by atoms with van der Waals surface area (Å²) in [5.41, 5.74) is 1.93. The van der Waals surface area contributed by atoms with Crippen LogP contribution >= 0.6 is 11.3 Å². The van der Waals surface area contributed by atoms with Crippen molar-refractivity contribution >= 4 is 34.2 Å². The Morgan fingerprint density at radius 2 is 1.63 bits per heavy atom. The minimum Gasteiger partial charge on any atom is -0.481 e. The van der Waals surface area contributed by atoms with Gasteiger partial charge < -0.3 is 15.2 Å². The highest BCUT2D eigenvalue weighted by Crippen LogP contribution is 2.50. The lowest BCUT2D eigenvalue weighted by molar-refractivity contribution is -0.156. The van der Waals surface area contributed by atoms with Crippen molar-refractivity contribution in [3.8, 4) is 11.1 Å². The van der Waals surface area contributed by atoms with E-state index in [2.05, 4.69) is 5.32 Å². The second kappa shape index (κ2) is 8.22. The van der Waals surface area contributed by atoms with Crippen molar-refractivity contribution in [3.05, 3.63) is 40.8 Å². The Hall–Kier alpha value is -2.67. The Labute approximate surface area is 179 Å². The molecule has 0 radical (unpaired) electrons. The number of esters is 1. The van der Waals surface area contributed by atoms with Gasteiger partial charge in [-0.3, -0.25) is 9.59 Å². The number of hydrogen-bond donors (Lipinski definition) is 2. The molecule has 1 heterocycles. The minimum atomic E-state index is -0.898. The molecule has 1 amide bonds. The number of amides is 1. The summed E-state index contributed by atoms with van der Waals surface area (Å²) in [5, 5.41) is 13.1. The number of aliphatic carboxylic acids is 1. The van der Waals surface area contributed by atoms with Crippen LogP contribution in [0.25, 0.3) is 11.1 Å². The summed E-state index contributed by atoms with van der Waals surface area (Å²) in [7, 11) is 1.32. The number of nitrogens with one attached hydrogen (secondary N) is 1. The van der Waals surface area contributed by atoms with E-state index in [-0.39, 0.29) is 17.7 Å². The van der Waals surface area contributed by atoms with E-state index in [1.807, 2.05) is 37.3 Å². The molecule has 3 fully saturated rings. The molecule has 7 heteroatoms. The Bertz CT molecular complexity index is 975. The normalized spacial score (nSPS) is 25.0. The quantitative estimate of drug-likeness (QED) is 0.681. The molecular weight excluding hydrogens is 402 g/mol. The average Bonchev–Trinajstić information content (AvgIpc) is 3.09. The van der Waals surface area contributed by atoms with Gasteiger partial charge in [0.25, 0.3) is 0 Å². The molecule has 1 aromatic heterocycles.